The Morgan fingerprint density at radius 1 is 1.18 bits per heavy atom. The number of benzene rings is 1. The Hall–Kier alpha value is -2.83. The summed E-state index contributed by atoms with van der Waals surface area (Å²) in [7, 11) is 1.62. The van der Waals surface area contributed by atoms with Gasteiger partial charge in [-0.15, -0.1) is 0 Å². The number of likely N-dealkylation sites (tertiary alicyclic amines) is 2. The third-order valence-electron chi connectivity index (χ3n) is 5.50. The Kier molecular flexibility index (Phi) is 6.34. The molecule has 2 heterocycles. The molecule has 28 heavy (non-hydrogen) atoms. The molecular weight excluding hydrogens is 358 g/mol. The zero-order valence-corrected chi connectivity index (χ0v) is 16.2. The van der Waals surface area contributed by atoms with Crippen LogP contribution >= 0.6 is 0 Å². The van der Waals surface area contributed by atoms with E-state index in [0.717, 1.165) is 11.3 Å². The summed E-state index contributed by atoms with van der Waals surface area (Å²) in [6.45, 7) is 5.74. The highest BCUT2D eigenvalue weighted by molar-refractivity contribution is 5.90. The quantitative estimate of drug-likeness (QED) is 0.750. The fraction of sp³-hybridized carbons (Fsp3) is 0.476. The van der Waals surface area contributed by atoms with Crippen LogP contribution in [-0.2, 0) is 20.9 Å². The molecular formula is C21H27N3O4. The first-order valence-electron chi connectivity index (χ1n) is 9.65. The van der Waals surface area contributed by atoms with Crippen LogP contribution in [0.2, 0.25) is 0 Å². The first kappa shape index (κ1) is 19.9. The molecule has 0 aliphatic carbocycles. The predicted molar refractivity (Wildman–Crippen MR) is 104 cm³/mol. The molecule has 2 aliphatic rings. The van der Waals surface area contributed by atoms with Crippen LogP contribution in [0.25, 0.3) is 0 Å². The molecule has 1 aromatic rings. The van der Waals surface area contributed by atoms with E-state index in [1.807, 2.05) is 24.3 Å². The fourth-order valence-electron chi connectivity index (χ4n) is 3.76. The van der Waals surface area contributed by atoms with Gasteiger partial charge in [-0.25, -0.2) is 0 Å². The molecule has 1 aromatic carbocycles. The average Bonchev–Trinajstić information content (AvgIpc) is 3.07. The van der Waals surface area contributed by atoms with Crippen LogP contribution in [0.5, 0.6) is 5.75 Å². The molecule has 2 aliphatic heterocycles. The number of rotatable bonds is 6. The number of ether oxygens (including phenoxy) is 1. The van der Waals surface area contributed by atoms with Crippen molar-refractivity contribution in [3.63, 3.8) is 0 Å². The largest absolute Gasteiger partial charge is 0.497 e. The molecule has 1 unspecified atom stereocenters. The lowest BCUT2D eigenvalue weighted by atomic mass is 9.95. The Morgan fingerprint density at radius 2 is 1.86 bits per heavy atom. The van der Waals surface area contributed by atoms with Gasteiger partial charge in [0.2, 0.25) is 17.7 Å². The first-order chi connectivity index (χ1) is 13.5. The average molecular weight is 385 g/mol. The van der Waals surface area contributed by atoms with E-state index < -0.39 is 6.04 Å². The van der Waals surface area contributed by atoms with Gasteiger partial charge >= 0.3 is 0 Å². The number of nitrogens with one attached hydrogen (secondary N) is 1. The fourth-order valence-corrected chi connectivity index (χ4v) is 3.76. The zero-order chi connectivity index (χ0) is 20.1. The second-order valence-corrected chi connectivity index (χ2v) is 7.26. The lowest BCUT2D eigenvalue weighted by Gasteiger charge is -2.31. The molecule has 7 nitrogen and oxygen atoms in total. The van der Waals surface area contributed by atoms with Crippen LogP contribution in [0.3, 0.4) is 0 Å². The summed E-state index contributed by atoms with van der Waals surface area (Å²) < 4.78 is 5.15. The summed E-state index contributed by atoms with van der Waals surface area (Å²) in [6.07, 6.45) is 3.15. The molecule has 0 aromatic heterocycles. The molecule has 0 radical (unpaired) electrons. The van der Waals surface area contributed by atoms with Gasteiger partial charge in [0.15, 0.2) is 0 Å². The van der Waals surface area contributed by atoms with Gasteiger partial charge in [-0.3, -0.25) is 14.4 Å². The van der Waals surface area contributed by atoms with Crippen molar-refractivity contribution in [1.82, 2.24) is 15.1 Å². The maximum atomic E-state index is 12.7. The molecule has 1 N–H and O–H groups in total. The SMILES string of the molecule is C=CC(=O)N1CCC(C(=O)NC2CCN(Cc3ccc(OC)cc3)C2=O)CC1. The highest BCUT2D eigenvalue weighted by Gasteiger charge is 2.35. The molecule has 0 spiro atoms. The third kappa shape index (κ3) is 4.52. The topological polar surface area (TPSA) is 79.0 Å². The Labute approximate surface area is 165 Å². The van der Waals surface area contributed by atoms with Crippen molar-refractivity contribution >= 4 is 17.7 Å². The van der Waals surface area contributed by atoms with Gasteiger partial charge in [0, 0.05) is 32.1 Å². The van der Waals surface area contributed by atoms with Crippen molar-refractivity contribution in [1.29, 1.82) is 0 Å². The maximum Gasteiger partial charge on any atom is 0.245 e. The zero-order valence-electron chi connectivity index (χ0n) is 16.2. The lowest BCUT2D eigenvalue weighted by Crippen LogP contribution is -2.47. The number of carbonyl (C=O) groups is 3. The van der Waals surface area contributed by atoms with Gasteiger partial charge in [-0.1, -0.05) is 18.7 Å². The second kappa shape index (κ2) is 8.91. The van der Waals surface area contributed by atoms with E-state index >= 15 is 0 Å². The summed E-state index contributed by atoms with van der Waals surface area (Å²) in [6, 6.07) is 7.17. The number of amides is 3. The molecule has 7 heteroatoms. The van der Waals surface area contributed by atoms with Crippen LogP contribution in [0.4, 0.5) is 0 Å². The van der Waals surface area contributed by atoms with E-state index in [2.05, 4.69) is 11.9 Å². The molecule has 2 fully saturated rings. The van der Waals surface area contributed by atoms with E-state index in [0.29, 0.717) is 45.4 Å². The molecule has 2 saturated heterocycles. The van der Waals surface area contributed by atoms with Crippen molar-refractivity contribution in [3.8, 4) is 5.75 Å². The molecule has 150 valence electrons. The van der Waals surface area contributed by atoms with Gasteiger partial charge in [-0.05, 0) is 43.0 Å². The number of methoxy groups -OCH3 is 1. The molecule has 0 saturated carbocycles. The number of hydrogen-bond acceptors (Lipinski definition) is 4. The van der Waals surface area contributed by atoms with E-state index in [9.17, 15) is 14.4 Å². The normalized spacial score (nSPS) is 20.2. The van der Waals surface area contributed by atoms with Crippen molar-refractivity contribution in [2.45, 2.75) is 31.8 Å². The van der Waals surface area contributed by atoms with Gasteiger partial charge in [-0.2, -0.15) is 0 Å². The van der Waals surface area contributed by atoms with Gasteiger partial charge in [0.25, 0.3) is 0 Å². The van der Waals surface area contributed by atoms with Crippen LogP contribution in [0.1, 0.15) is 24.8 Å². The minimum absolute atomic E-state index is 0.0385. The minimum Gasteiger partial charge on any atom is -0.497 e. The van der Waals surface area contributed by atoms with E-state index in [-0.39, 0.29) is 23.6 Å². The first-order valence-corrected chi connectivity index (χ1v) is 9.65. The molecule has 1 atom stereocenters. The van der Waals surface area contributed by atoms with Crippen molar-refractivity contribution in [3.05, 3.63) is 42.5 Å². The Bertz CT molecular complexity index is 739. The highest BCUT2D eigenvalue weighted by atomic mass is 16.5. The van der Waals surface area contributed by atoms with Crippen molar-refractivity contribution in [2.24, 2.45) is 5.92 Å². The lowest BCUT2D eigenvalue weighted by molar-refractivity contribution is -0.135. The van der Waals surface area contributed by atoms with E-state index in [4.69, 9.17) is 4.74 Å². The van der Waals surface area contributed by atoms with Gasteiger partial charge in [0.1, 0.15) is 11.8 Å². The van der Waals surface area contributed by atoms with Gasteiger partial charge in [0.05, 0.1) is 7.11 Å². The van der Waals surface area contributed by atoms with E-state index in [1.165, 1.54) is 6.08 Å². The number of hydrogen-bond donors (Lipinski definition) is 1. The van der Waals surface area contributed by atoms with Crippen molar-refractivity contribution in [2.75, 3.05) is 26.7 Å². The second-order valence-electron chi connectivity index (χ2n) is 7.26. The molecule has 3 amide bonds. The summed E-state index contributed by atoms with van der Waals surface area (Å²) in [5, 5.41) is 2.92. The highest BCUT2D eigenvalue weighted by Crippen LogP contribution is 2.21. The van der Waals surface area contributed by atoms with Crippen molar-refractivity contribution < 1.29 is 19.1 Å². The van der Waals surface area contributed by atoms with Crippen LogP contribution < -0.4 is 10.1 Å². The molecule has 3 rings (SSSR count). The third-order valence-corrected chi connectivity index (χ3v) is 5.50. The summed E-state index contributed by atoms with van der Waals surface area (Å²) in [4.78, 5) is 40.3. The number of nitrogens with zero attached hydrogens (tertiary/aromatic N) is 2. The number of piperidine rings is 1. The monoisotopic (exact) mass is 385 g/mol. The summed E-state index contributed by atoms with van der Waals surface area (Å²) >= 11 is 0. The summed E-state index contributed by atoms with van der Waals surface area (Å²) in [5.41, 5.74) is 1.03. The van der Waals surface area contributed by atoms with Crippen LogP contribution in [0.15, 0.2) is 36.9 Å². The summed E-state index contributed by atoms with van der Waals surface area (Å²) in [5.74, 6) is 0.401. The van der Waals surface area contributed by atoms with Gasteiger partial charge < -0.3 is 19.9 Å². The van der Waals surface area contributed by atoms with Crippen LogP contribution in [0, 0.1) is 5.92 Å². The number of carbonyl (C=O) groups excluding carboxylic acids is 3. The van der Waals surface area contributed by atoms with E-state index in [1.54, 1.807) is 16.9 Å². The Morgan fingerprint density at radius 3 is 2.46 bits per heavy atom. The molecule has 0 bridgehead atoms. The standard InChI is InChI=1S/C21H27N3O4/c1-3-19(25)23-11-8-16(9-12-23)20(26)22-18-10-13-24(21(18)27)14-15-4-6-17(28-2)7-5-15/h3-7,16,18H,1,8-14H2,2H3,(H,22,26). The smallest absolute Gasteiger partial charge is 0.245 e. The van der Waals surface area contributed by atoms with Crippen LogP contribution in [-0.4, -0.2) is 60.3 Å². The maximum absolute atomic E-state index is 12.7. The predicted octanol–water partition coefficient (Wildman–Crippen LogP) is 1.34. The minimum atomic E-state index is -0.460. The Balaban J connectivity index is 1.49.